The molecular weight excluding hydrogens is 460 g/mol. The molecule has 1 aliphatic rings. The summed E-state index contributed by atoms with van der Waals surface area (Å²) in [4.78, 5) is 27.6. The number of carbonyl (C=O) groups excluding carboxylic acids is 2. The Bertz CT molecular complexity index is 881. The molecule has 1 aliphatic carbocycles. The minimum atomic E-state index is -0.618. The third kappa shape index (κ3) is 6.72. The van der Waals surface area contributed by atoms with Crippen molar-refractivity contribution in [2.24, 2.45) is 0 Å². The van der Waals surface area contributed by atoms with Gasteiger partial charge in [0.1, 0.15) is 17.5 Å². The van der Waals surface area contributed by atoms with Gasteiger partial charge in [-0.3, -0.25) is 9.59 Å². The lowest BCUT2D eigenvalue weighted by Crippen LogP contribution is -2.50. The van der Waals surface area contributed by atoms with E-state index in [4.69, 9.17) is 9.47 Å². The van der Waals surface area contributed by atoms with Crippen LogP contribution in [0.2, 0.25) is 0 Å². The third-order valence-corrected chi connectivity index (χ3v) is 6.06. The summed E-state index contributed by atoms with van der Waals surface area (Å²) in [6, 6.07) is 14.4. The van der Waals surface area contributed by atoms with Crippen molar-refractivity contribution in [3.8, 4) is 11.5 Å². The molecule has 7 heteroatoms. The van der Waals surface area contributed by atoms with Crippen LogP contribution in [0.5, 0.6) is 11.5 Å². The van der Waals surface area contributed by atoms with Gasteiger partial charge in [0.05, 0.1) is 7.11 Å². The molecule has 0 unspecified atom stereocenters. The molecule has 0 aliphatic heterocycles. The predicted molar refractivity (Wildman–Crippen MR) is 123 cm³/mol. The van der Waals surface area contributed by atoms with Gasteiger partial charge in [-0.1, -0.05) is 40.9 Å². The maximum absolute atomic E-state index is 13.1. The minimum absolute atomic E-state index is 0.133. The van der Waals surface area contributed by atoms with E-state index in [1.165, 1.54) is 0 Å². The van der Waals surface area contributed by atoms with E-state index in [0.29, 0.717) is 18.0 Å². The highest BCUT2D eigenvalue weighted by Gasteiger charge is 2.28. The molecule has 6 nitrogen and oxygen atoms in total. The molecule has 0 heterocycles. The van der Waals surface area contributed by atoms with Crippen LogP contribution in [0.3, 0.4) is 0 Å². The van der Waals surface area contributed by atoms with Gasteiger partial charge in [-0.2, -0.15) is 0 Å². The first kappa shape index (κ1) is 23.1. The lowest BCUT2D eigenvalue weighted by atomic mass is 10.1. The van der Waals surface area contributed by atoms with E-state index in [0.717, 1.165) is 35.7 Å². The molecule has 0 aromatic heterocycles. The number of rotatable bonds is 9. The highest BCUT2D eigenvalue weighted by molar-refractivity contribution is 9.10. The highest BCUT2D eigenvalue weighted by Crippen LogP contribution is 2.20. The van der Waals surface area contributed by atoms with Crippen LogP contribution in [-0.4, -0.2) is 42.5 Å². The zero-order chi connectivity index (χ0) is 22.2. The third-order valence-electron chi connectivity index (χ3n) is 5.53. The molecule has 1 saturated carbocycles. The Balaban J connectivity index is 1.72. The fourth-order valence-corrected chi connectivity index (χ4v) is 3.97. The Morgan fingerprint density at radius 2 is 1.84 bits per heavy atom. The van der Waals surface area contributed by atoms with Gasteiger partial charge in [0.15, 0.2) is 6.61 Å². The predicted octanol–water partition coefficient (Wildman–Crippen LogP) is 4.31. The van der Waals surface area contributed by atoms with E-state index in [9.17, 15) is 9.59 Å². The summed E-state index contributed by atoms with van der Waals surface area (Å²) in [6.07, 6.45) is 4.25. The van der Waals surface area contributed by atoms with Crippen LogP contribution in [0.4, 0.5) is 0 Å². The Morgan fingerprint density at radius 1 is 1.13 bits per heavy atom. The summed E-state index contributed by atoms with van der Waals surface area (Å²) >= 11 is 3.38. The molecule has 1 N–H and O–H groups in total. The summed E-state index contributed by atoms with van der Waals surface area (Å²) in [5, 5.41) is 3.10. The fourth-order valence-electron chi connectivity index (χ4n) is 3.70. The number of ether oxygens (including phenoxy) is 2. The van der Waals surface area contributed by atoms with Crippen LogP contribution >= 0.6 is 15.9 Å². The van der Waals surface area contributed by atoms with Crippen molar-refractivity contribution >= 4 is 27.7 Å². The van der Waals surface area contributed by atoms with Gasteiger partial charge >= 0.3 is 0 Å². The average molecular weight is 489 g/mol. The summed E-state index contributed by atoms with van der Waals surface area (Å²) in [5.41, 5.74) is 0.886. The van der Waals surface area contributed by atoms with E-state index >= 15 is 0 Å². The van der Waals surface area contributed by atoms with Gasteiger partial charge in [-0.15, -0.1) is 0 Å². The van der Waals surface area contributed by atoms with Crippen LogP contribution in [0.25, 0.3) is 0 Å². The standard InChI is InChI=1S/C24H29BrN2O4/c1-17(24(29)26-20-7-3-4-8-20)27(15-18-6-5-9-22(14-18)30-2)23(28)16-31-21-12-10-19(25)11-13-21/h5-6,9-14,17,20H,3-4,7-8,15-16H2,1-2H3,(H,26,29)/t17-/m1/s1. The second kappa shape index (κ2) is 11.2. The van der Waals surface area contributed by atoms with E-state index in [1.54, 1.807) is 31.1 Å². The number of carbonyl (C=O) groups is 2. The second-order valence-corrected chi connectivity index (χ2v) is 8.70. The molecule has 0 saturated heterocycles. The lowest BCUT2D eigenvalue weighted by Gasteiger charge is -2.29. The molecule has 1 fully saturated rings. The molecule has 0 radical (unpaired) electrons. The molecule has 166 valence electrons. The molecule has 2 aromatic carbocycles. The zero-order valence-electron chi connectivity index (χ0n) is 18.0. The summed E-state index contributed by atoms with van der Waals surface area (Å²) < 4.78 is 11.9. The van der Waals surface area contributed by atoms with Gasteiger partial charge in [0, 0.05) is 17.1 Å². The van der Waals surface area contributed by atoms with Crippen molar-refractivity contribution in [3.05, 3.63) is 58.6 Å². The van der Waals surface area contributed by atoms with Gasteiger partial charge in [0.2, 0.25) is 5.91 Å². The Kier molecular flexibility index (Phi) is 8.35. The summed E-state index contributed by atoms with van der Waals surface area (Å²) in [7, 11) is 1.60. The first-order valence-electron chi connectivity index (χ1n) is 10.6. The van der Waals surface area contributed by atoms with Crippen molar-refractivity contribution < 1.29 is 19.1 Å². The van der Waals surface area contributed by atoms with E-state index in [2.05, 4.69) is 21.2 Å². The number of benzene rings is 2. The Hall–Kier alpha value is -2.54. The molecule has 3 rings (SSSR count). The van der Waals surface area contributed by atoms with Crippen LogP contribution < -0.4 is 14.8 Å². The monoisotopic (exact) mass is 488 g/mol. The van der Waals surface area contributed by atoms with E-state index in [1.807, 2.05) is 36.4 Å². The Labute approximate surface area is 192 Å². The van der Waals surface area contributed by atoms with Crippen molar-refractivity contribution in [2.45, 2.75) is 51.2 Å². The molecule has 2 aromatic rings. The molecule has 31 heavy (non-hydrogen) atoms. The average Bonchev–Trinajstić information content (AvgIpc) is 3.29. The van der Waals surface area contributed by atoms with Gasteiger partial charge in [-0.25, -0.2) is 0 Å². The topological polar surface area (TPSA) is 67.9 Å². The largest absolute Gasteiger partial charge is 0.497 e. The van der Waals surface area contributed by atoms with E-state index < -0.39 is 6.04 Å². The van der Waals surface area contributed by atoms with Gasteiger partial charge in [0.25, 0.3) is 5.91 Å². The number of nitrogens with one attached hydrogen (secondary N) is 1. The maximum atomic E-state index is 13.1. The number of amides is 2. The molecule has 2 amide bonds. The number of hydrogen-bond acceptors (Lipinski definition) is 4. The van der Waals surface area contributed by atoms with Gasteiger partial charge < -0.3 is 19.7 Å². The fraction of sp³-hybridized carbons (Fsp3) is 0.417. The van der Waals surface area contributed by atoms with Crippen molar-refractivity contribution in [1.82, 2.24) is 10.2 Å². The normalized spacial score (nSPS) is 14.7. The highest BCUT2D eigenvalue weighted by atomic mass is 79.9. The van der Waals surface area contributed by atoms with Crippen LogP contribution in [-0.2, 0) is 16.1 Å². The van der Waals surface area contributed by atoms with E-state index in [-0.39, 0.29) is 24.5 Å². The first-order chi connectivity index (χ1) is 15.0. The molecule has 0 spiro atoms. The quantitative estimate of drug-likeness (QED) is 0.570. The second-order valence-electron chi connectivity index (χ2n) is 7.78. The van der Waals surface area contributed by atoms with Gasteiger partial charge in [-0.05, 0) is 61.7 Å². The number of nitrogens with zero attached hydrogens (tertiary/aromatic N) is 1. The van der Waals surface area contributed by atoms with Crippen molar-refractivity contribution in [1.29, 1.82) is 0 Å². The SMILES string of the molecule is COc1cccc(CN(C(=O)COc2ccc(Br)cc2)[C@H](C)C(=O)NC2CCCC2)c1. The summed E-state index contributed by atoms with van der Waals surface area (Å²) in [5.74, 6) is 0.923. The maximum Gasteiger partial charge on any atom is 0.261 e. The molecule has 1 atom stereocenters. The zero-order valence-corrected chi connectivity index (χ0v) is 19.6. The smallest absolute Gasteiger partial charge is 0.261 e. The molecule has 0 bridgehead atoms. The lowest BCUT2D eigenvalue weighted by molar-refractivity contribution is -0.142. The summed E-state index contributed by atoms with van der Waals surface area (Å²) in [6.45, 7) is 1.91. The van der Waals surface area contributed by atoms with Crippen molar-refractivity contribution in [3.63, 3.8) is 0 Å². The van der Waals surface area contributed by atoms with Crippen LogP contribution in [0.15, 0.2) is 53.0 Å². The minimum Gasteiger partial charge on any atom is -0.497 e. The van der Waals surface area contributed by atoms with Crippen LogP contribution in [0.1, 0.15) is 38.2 Å². The molecular formula is C24H29BrN2O4. The first-order valence-corrected chi connectivity index (χ1v) is 11.4. The number of hydrogen-bond donors (Lipinski definition) is 1. The Morgan fingerprint density at radius 3 is 2.52 bits per heavy atom. The number of halogens is 1. The van der Waals surface area contributed by atoms with Crippen molar-refractivity contribution in [2.75, 3.05) is 13.7 Å². The van der Waals surface area contributed by atoms with Crippen LogP contribution in [0, 0.1) is 0 Å². The number of methoxy groups -OCH3 is 1.